The summed E-state index contributed by atoms with van der Waals surface area (Å²) in [7, 11) is -2.09. The Morgan fingerprint density at radius 2 is 1.91 bits per heavy atom. The van der Waals surface area contributed by atoms with E-state index in [4.69, 9.17) is 10.5 Å². The Kier molecular flexibility index (Phi) is 10.0. The number of sulfone groups is 1. The van der Waals surface area contributed by atoms with E-state index < -0.39 is 53.4 Å². The highest BCUT2D eigenvalue weighted by molar-refractivity contribution is 7.90. The van der Waals surface area contributed by atoms with Crippen LogP contribution in [0.15, 0.2) is 47.4 Å². The van der Waals surface area contributed by atoms with Crippen LogP contribution in [-0.2, 0) is 25.9 Å². The first-order chi connectivity index (χ1) is 21.2. The first-order valence-corrected chi connectivity index (χ1v) is 15.5. The van der Waals surface area contributed by atoms with E-state index in [-0.39, 0.29) is 47.9 Å². The Balaban J connectivity index is 1.54. The van der Waals surface area contributed by atoms with Crippen molar-refractivity contribution in [1.29, 1.82) is 0 Å². The van der Waals surface area contributed by atoms with Gasteiger partial charge in [0.2, 0.25) is 0 Å². The predicted octanol–water partition coefficient (Wildman–Crippen LogP) is 3.53. The van der Waals surface area contributed by atoms with Crippen molar-refractivity contribution in [3.8, 4) is 17.6 Å². The van der Waals surface area contributed by atoms with Crippen molar-refractivity contribution >= 4 is 44.1 Å². The van der Waals surface area contributed by atoms with Gasteiger partial charge in [0.15, 0.2) is 16.4 Å². The molecule has 11 nitrogen and oxygen atoms in total. The van der Waals surface area contributed by atoms with Crippen molar-refractivity contribution in [3.05, 3.63) is 48.2 Å². The maximum atomic E-state index is 15.1. The number of likely N-dealkylation sites (tertiary alicyclic amines) is 1. The lowest BCUT2D eigenvalue weighted by Gasteiger charge is -2.35. The maximum Gasteiger partial charge on any atom is 0.406 e. The minimum absolute atomic E-state index is 0.00145. The second kappa shape index (κ2) is 13.6. The topological polar surface area (TPSA) is 145 Å². The second-order valence-corrected chi connectivity index (χ2v) is 12.3. The van der Waals surface area contributed by atoms with Crippen LogP contribution in [0, 0.1) is 11.8 Å². The van der Waals surface area contributed by atoms with Crippen molar-refractivity contribution in [2.45, 2.75) is 36.3 Å². The minimum atomic E-state index is -4.56. The van der Waals surface area contributed by atoms with Gasteiger partial charge in [-0.25, -0.2) is 17.6 Å². The number of fused-ring (bicyclic) bond motifs is 1. The van der Waals surface area contributed by atoms with Crippen molar-refractivity contribution < 1.29 is 45.0 Å². The third kappa shape index (κ3) is 8.50. The molecule has 1 aliphatic heterocycles. The zero-order valence-corrected chi connectivity index (χ0v) is 25.1. The molecule has 1 aromatic heterocycles. The summed E-state index contributed by atoms with van der Waals surface area (Å²) in [6, 6.07) is 9.68. The van der Waals surface area contributed by atoms with Gasteiger partial charge in [0.05, 0.1) is 48.0 Å². The number of amides is 2. The van der Waals surface area contributed by atoms with Gasteiger partial charge in [-0.15, -0.1) is 0 Å². The standard InChI is InChI=1S/C29H31F4N5O6S/c1-43-26-14-19(45(2,41)42)8-9-24(26)35-11-4-5-18-13-20-22(6-3-7-25(20)38(18)17-29(31,32)33)36-23-10-12-37(15-21(23)30)27(39)16-44-28(34)40/h3,6-9,13-14,21,23,35-36H,10-12,15-17H2,1-2H3,(H2,34,40)/t21-,23+/m1/s1. The highest BCUT2D eigenvalue weighted by Gasteiger charge is 2.33. The van der Waals surface area contributed by atoms with Crippen LogP contribution < -0.4 is 21.1 Å². The number of primary amides is 1. The number of rotatable bonds is 9. The molecule has 242 valence electrons. The van der Waals surface area contributed by atoms with Gasteiger partial charge in [0, 0.05) is 29.9 Å². The lowest BCUT2D eigenvalue weighted by Crippen LogP contribution is -2.51. The number of nitrogens with two attached hydrogens (primary N) is 1. The zero-order valence-electron chi connectivity index (χ0n) is 24.3. The monoisotopic (exact) mass is 653 g/mol. The molecular weight excluding hydrogens is 622 g/mol. The minimum Gasteiger partial charge on any atom is -0.495 e. The Bertz CT molecular complexity index is 1750. The molecule has 16 heteroatoms. The van der Waals surface area contributed by atoms with Crippen LogP contribution in [0.25, 0.3) is 10.9 Å². The van der Waals surface area contributed by atoms with Gasteiger partial charge < -0.3 is 35.3 Å². The van der Waals surface area contributed by atoms with Crippen molar-refractivity contribution in [1.82, 2.24) is 9.47 Å². The number of carbonyl (C=O) groups is 2. The van der Waals surface area contributed by atoms with E-state index in [0.29, 0.717) is 16.8 Å². The number of methoxy groups -OCH3 is 1. The third-order valence-electron chi connectivity index (χ3n) is 7.04. The van der Waals surface area contributed by atoms with Gasteiger partial charge in [-0.05, 0) is 42.7 Å². The van der Waals surface area contributed by atoms with Crippen LogP contribution in [0.4, 0.5) is 33.7 Å². The molecule has 0 saturated carbocycles. The van der Waals surface area contributed by atoms with Gasteiger partial charge in [0.1, 0.15) is 18.5 Å². The molecule has 0 spiro atoms. The summed E-state index contributed by atoms with van der Waals surface area (Å²) in [6.45, 7) is -2.02. The number of anilines is 2. The molecule has 2 aromatic carbocycles. The van der Waals surface area contributed by atoms with E-state index in [1.165, 1.54) is 42.3 Å². The van der Waals surface area contributed by atoms with Gasteiger partial charge >= 0.3 is 12.3 Å². The van der Waals surface area contributed by atoms with E-state index in [0.717, 1.165) is 10.8 Å². The molecule has 4 N–H and O–H groups in total. The predicted molar refractivity (Wildman–Crippen MR) is 159 cm³/mol. The van der Waals surface area contributed by atoms with Crippen molar-refractivity contribution in [3.63, 3.8) is 0 Å². The Morgan fingerprint density at radius 3 is 2.56 bits per heavy atom. The summed E-state index contributed by atoms with van der Waals surface area (Å²) in [6.07, 6.45) is -5.94. The average Bonchev–Trinajstić information content (AvgIpc) is 3.30. The summed E-state index contributed by atoms with van der Waals surface area (Å²) in [5, 5.41) is 6.45. The molecule has 0 bridgehead atoms. The quantitative estimate of drug-likeness (QED) is 0.235. The number of halogens is 4. The first-order valence-electron chi connectivity index (χ1n) is 13.6. The molecule has 0 unspecified atom stereocenters. The molecule has 2 atom stereocenters. The number of nitrogens with zero attached hydrogens (tertiary/aromatic N) is 2. The van der Waals surface area contributed by atoms with Crippen LogP contribution in [0.5, 0.6) is 5.75 Å². The Morgan fingerprint density at radius 1 is 1.16 bits per heavy atom. The summed E-state index contributed by atoms with van der Waals surface area (Å²) in [5.41, 5.74) is 6.02. The largest absolute Gasteiger partial charge is 0.495 e. The molecule has 3 aromatic rings. The molecule has 1 fully saturated rings. The number of carbonyl (C=O) groups excluding carboxylic acids is 2. The van der Waals surface area contributed by atoms with Crippen molar-refractivity contribution in [2.75, 3.05) is 50.2 Å². The molecule has 0 aliphatic carbocycles. The molecule has 45 heavy (non-hydrogen) atoms. The maximum absolute atomic E-state index is 15.1. The smallest absolute Gasteiger partial charge is 0.406 e. The van der Waals surface area contributed by atoms with Crippen LogP contribution in [0.1, 0.15) is 12.1 Å². The number of nitrogens with one attached hydrogen (secondary N) is 2. The SMILES string of the molecule is COc1cc(S(C)(=O)=O)ccc1NCC#Cc1cc2c(N[C@H]3CCN(C(=O)COC(N)=O)C[C@H]3F)cccc2n1CC(F)(F)F. The number of benzene rings is 2. The van der Waals surface area contributed by atoms with Crippen LogP contribution in [0.3, 0.4) is 0 Å². The molecule has 1 saturated heterocycles. The molecule has 4 rings (SSSR count). The van der Waals surface area contributed by atoms with Crippen LogP contribution in [0.2, 0.25) is 0 Å². The summed E-state index contributed by atoms with van der Waals surface area (Å²) in [4.78, 5) is 24.2. The Hall–Kier alpha value is -4.65. The fourth-order valence-corrected chi connectivity index (χ4v) is 5.54. The Labute approximate surface area is 256 Å². The molecule has 2 amide bonds. The summed E-state index contributed by atoms with van der Waals surface area (Å²) >= 11 is 0. The lowest BCUT2D eigenvalue weighted by molar-refractivity contribution is -0.140. The molecule has 2 heterocycles. The van der Waals surface area contributed by atoms with E-state index >= 15 is 4.39 Å². The third-order valence-corrected chi connectivity index (χ3v) is 8.15. The first kappa shape index (κ1) is 33.2. The fourth-order valence-electron chi connectivity index (χ4n) is 4.90. The van der Waals surface area contributed by atoms with Gasteiger partial charge in [0.25, 0.3) is 5.91 Å². The number of ether oxygens (including phenoxy) is 2. The van der Waals surface area contributed by atoms with E-state index in [1.54, 1.807) is 12.1 Å². The number of piperidine rings is 1. The van der Waals surface area contributed by atoms with Gasteiger partial charge in [-0.1, -0.05) is 12.0 Å². The van der Waals surface area contributed by atoms with Crippen molar-refractivity contribution in [2.24, 2.45) is 5.73 Å². The number of aromatic nitrogens is 1. The molecule has 0 radical (unpaired) electrons. The normalized spacial score (nSPS) is 16.9. The number of hydrogen-bond donors (Lipinski definition) is 3. The average molecular weight is 654 g/mol. The van der Waals surface area contributed by atoms with E-state index in [1.807, 2.05) is 0 Å². The zero-order chi connectivity index (χ0) is 32.9. The summed E-state index contributed by atoms with van der Waals surface area (Å²) < 4.78 is 90.3. The number of alkyl halides is 4. The lowest BCUT2D eigenvalue weighted by atomic mass is 10.0. The van der Waals surface area contributed by atoms with Crippen LogP contribution in [-0.4, -0.2) is 87.9 Å². The van der Waals surface area contributed by atoms with Gasteiger partial charge in [-0.2, -0.15) is 13.2 Å². The highest BCUT2D eigenvalue weighted by atomic mass is 32.2. The van der Waals surface area contributed by atoms with E-state index in [2.05, 4.69) is 27.2 Å². The molecular formula is C29H31F4N5O6S. The second-order valence-electron chi connectivity index (χ2n) is 10.3. The number of hydrogen-bond acceptors (Lipinski definition) is 8. The fraction of sp³-hybridized carbons (Fsp3) is 0.379. The molecule has 1 aliphatic rings. The summed E-state index contributed by atoms with van der Waals surface area (Å²) in [5.74, 6) is 5.22. The van der Waals surface area contributed by atoms with E-state index in [9.17, 15) is 31.2 Å². The van der Waals surface area contributed by atoms with Crippen LogP contribution >= 0.6 is 0 Å². The highest BCUT2D eigenvalue weighted by Crippen LogP contribution is 2.32. The van der Waals surface area contributed by atoms with Gasteiger partial charge in [-0.3, -0.25) is 4.79 Å².